The first-order valence-electron chi connectivity index (χ1n) is 6.55. The Morgan fingerprint density at radius 1 is 1.00 bits per heavy atom. The van der Waals surface area contributed by atoms with Crippen LogP contribution in [0.3, 0.4) is 0 Å². The summed E-state index contributed by atoms with van der Waals surface area (Å²) in [7, 11) is 1.63. The van der Waals surface area contributed by atoms with Gasteiger partial charge in [-0.3, -0.25) is 0 Å². The average molecular weight is 275 g/mol. The second-order valence-electron chi connectivity index (χ2n) is 4.28. The van der Waals surface area contributed by atoms with Gasteiger partial charge in [0.25, 0.3) is 0 Å². The van der Waals surface area contributed by atoms with Crippen molar-refractivity contribution in [1.82, 2.24) is 0 Å². The molecule has 0 heterocycles. The van der Waals surface area contributed by atoms with E-state index in [2.05, 4.69) is 5.32 Å². The van der Waals surface area contributed by atoms with Gasteiger partial charge in [-0.2, -0.15) is 0 Å². The summed E-state index contributed by atoms with van der Waals surface area (Å²) in [6.45, 7) is 1.24. The highest BCUT2D eigenvalue weighted by Gasteiger charge is 1.99. The summed E-state index contributed by atoms with van der Waals surface area (Å²) in [4.78, 5) is 0. The molecule has 0 spiro atoms. The van der Waals surface area contributed by atoms with E-state index in [4.69, 9.17) is 9.47 Å². The molecule has 0 fully saturated rings. The van der Waals surface area contributed by atoms with Crippen molar-refractivity contribution in [2.45, 2.75) is 6.42 Å². The highest BCUT2D eigenvalue weighted by Crippen LogP contribution is 2.17. The van der Waals surface area contributed by atoms with Gasteiger partial charge in [-0.15, -0.1) is 0 Å². The molecule has 4 heteroatoms. The van der Waals surface area contributed by atoms with E-state index in [0.717, 1.165) is 17.9 Å². The van der Waals surface area contributed by atoms with Crippen molar-refractivity contribution in [1.29, 1.82) is 0 Å². The molecule has 2 rings (SSSR count). The Morgan fingerprint density at radius 3 is 2.40 bits per heavy atom. The molecule has 106 valence electrons. The lowest BCUT2D eigenvalue weighted by atomic mass is 10.3. The molecule has 1 N–H and O–H groups in total. The maximum absolute atomic E-state index is 13.3. The highest BCUT2D eigenvalue weighted by molar-refractivity contribution is 5.44. The maximum Gasteiger partial charge on any atom is 0.146 e. The molecule has 2 aromatic rings. The van der Waals surface area contributed by atoms with E-state index in [1.54, 1.807) is 25.3 Å². The quantitative estimate of drug-likeness (QED) is 0.781. The largest absolute Gasteiger partial charge is 0.497 e. The molecule has 0 aliphatic carbocycles. The van der Waals surface area contributed by atoms with Crippen molar-refractivity contribution >= 4 is 5.69 Å². The minimum atomic E-state index is -0.233. The molecule has 0 radical (unpaired) electrons. The van der Waals surface area contributed by atoms with Gasteiger partial charge in [0.2, 0.25) is 0 Å². The number of hydrogen-bond donors (Lipinski definition) is 1. The number of benzene rings is 2. The van der Waals surface area contributed by atoms with Gasteiger partial charge in [0.1, 0.15) is 17.3 Å². The van der Waals surface area contributed by atoms with Gasteiger partial charge in [0, 0.05) is 6.54 Å². The maximum atomic E-state index is 13.3. The van der Waals surface area contributed by atoms with Gasteiger partial charge >= 0.3 is 0 Å². The molecule has 20 heavy (non-hydrogen) atoms. The third-order valence-corrected chi connectivity index (χ3v) is 2.84. The zero-order valence-electron chi connectivity index (χ0n) is 11.4. The van der Waals surface area contributed by atoms with Crippen LogP contribution < -0.4 is 14.8 Å². The zero-order valence-corrected chi connectivity index (χ0v) is 11.4. The summed E-state index contributed by atoms with van der Waals surface area (Å²) >= 11 is 0. The SMILES string of the molecule is COc1ccc(OCCCNc2ccccc2F)cc1. The fourth-order valence-electron chi connectivity index (χ4n) is 1.76. The molecule has 2 aromatic carbocycles. The van der Waals surface area contributed by atoms with E-state index in [-0.39, 0.29) is 5.82 Å². The van der Waals surface area contributed by atoms with E-state index in [1.807, 2.05) is 24.3 Å². The first-order valence-corrected chi connectivity index (χ1v) is 6.55. The normalized spacial score (nSPS) is 10.1. The Hall–Kier alpha value is -2.23. The molecular weight excluding hydrogens is 257 g/mol. The van der Waals surface area contributed by atoms with Crippen LogP contribution in [-0.2, 0) is 0 Å². The Bertz CT molecular complexity index is 528. The summed E-state index contributed by atoms with van der Waals surface area (Å²) in [5, 5.41) is 3.04. The summed E-state index contributed by atoms with van der Waals surface area (Å²) < 4.78 is 24.0. The average Bonchev–Trinajstić information content (AvgIpc) is 2.49. The Balaban J connectivity index is 1.67. The van der Waals surface area contributed by atoms with Gasteiger partial charge in [0.15, 0.2) is 0 Å². The molecular formula is C16H18FNO2. The van der Waals surface area contributed by atoms with Gasteiger partial charge < -0.3 is 14.8 Å². The number of halogens is 1. The number of para-hydroxylation sites is 1. The van der Waals surface area contributed by atoms with Crippen LogP contribution in [0.2, 0.25) is 0 Å². The summed E-state index contributed by atoms with van der Waals surface area (Å²) in [5.74, 6) is 1.37. The zero-order chi connectivity index (χ0) is 14.2. The summed E-state index contributed by atoms with van der Waals surface area (Å²) in [5.41, 5.74) is 0.525. The Morgan fingerprint density at radius 2 is 1.70 bits per heavy atom. The van der Waals surface area contributed by atoms with Crippen molar-refractivity contribution in [3.63, 3.8) is 0 Å². The third-order valence-electron chi connectivity index (χ3n) is 2.84. The molecule has 0 aromatic heterocycles. The molecule has 0 unspecified atom stereocenters. The van der Waals surface area contributed by atoms with E-state index in [9.17, 15) is 4.39 Å². The summed E-state index contributed by atoms with van der Waals surface area (Å²) in [6, 6.07) is 14.1. The van der Waals surface area contributed by atoms with Crippen molar-refractivity contribution in [3.8, 4) is 11.5 Å². The second-order valence-corrected chi connectivity index (χ2v) is 4.28. The molecule has 0 amide bonds. The van der Waals surface area contributed by atoms with Crippen LogP contribution in [-0.4, -0.2) is 20.3 Å². The number of rotatable bonds is 7. The van der Waals surface area contributed by atoms with Crippen molar-refractivity contribution in [2.75, 3.05) is 25.6 Å². The van der Waals surface area contributed by atoms with Crippen LogP contribution in [0.1, 0.15) is 6.42 Å². The lowest BCUT2D eigenvalue weighted by molar-refractivity contribution is 0.314. The van der Waals surface area contributed by atoms with E-state index in [1.165, 1.54) is 6.07 Å². The highest BCUT2D eigenvalue weighted by atomic mass is 19.1. The first-order chi connectivity index (χ1) is 9.79. The van der Waals surface area contributed by atoms with Crippen LogP contribution in [0.25, 0.3) is 0 Å². The minimum Gasteiger partial charge on any atom is -0.497 e. The van der Waals surface area contributed by atoms with Crippen molar-refractivity contribution in [2.24, 2.45) is 0 Å². The van der Waals surface area contributed by atoms with Gasteiger partial charge in [-0.25, -0.2) is 4.39 Å². The van der Waals surface area contributed by atoms with Crippen LogP contribution >= 0.6 is 0 Å². The van der Waals surface area contributed by atoms with Crippen molar-refractivity contribution < 1.29 is 13.9 Å². The topological polar surface area (TPSA) is 30.5 Å². The molecule has 0 aliphatic heterocycles. The monoisotopic (exact) mass is 275 g/mol. The molecule has 0 saturated carbocycles. The standard InChI is InChI=1S/C16H18FNO2/c1-19-13-7-9-14(10-8-13)20-12-4-11-18-16-6-3-2-5-15(16)17/h2-3,5-10,18H,4,11-12H2,1H3. The molecule has 0 saturated heterocycles. The second kappa shape index (κ2) is 7.38. The third kappa shape index (κ3) is 4.16. The lowest BCUT2D eigenvalue weighted by Crippen LogP contribution is -2.08. The fraction of sp³-hybridized carbons (Fsp3) is 0.250. The molecule has 3 nitrogen and oxygen atoms in total. The fourth-order valence-corrected chi connectivity index (χ4v) is 1.76. The number of hydrogen-bond acceptors (Lipinski definition) is 3. The van der Waals surface area contributed by atoms with E-state index < -0.39 is 0 Å². The van der Waals surface area contributed by atoms with Crippen LogP contribution in [0, 0.1) is 5.82 Å². The smallest absolute Gasteiger partial charge is 0.146 e. The number of anilines is 1. The molecule has 0 aliphatic rings. The van der Waals surface area contributed by atoms with Gasteiger partial charge in [0.05, 0.1) is 19.4 Å². The van der Waals surface area contributed by atoms with Crippen LogP contribution in [0.4, 0.5) is 10.1 Å². The predicted molar refractivity (Wildman–Crippen MR) is 78.0 cm³/mol. The van der Waals surface area contributed by atoms with Crippen molar-refractivity contribution in [3.05, 3.63) is 54.3 Å². The molecule has 0 bridgehead atoms. The lowest BCUT2D eigenvalue weighted by Gasteiger charge is -2.09. The molecule has 0 atom stereocenters. The number of ether oxygens (including phenoxy) is 2. The summed E-state index contributed by atoms with van der Waals surface area (Å²) in [6.07, 6.45) is 0.792. The predicted octanol–water partition coefficient (Wildman–Crippen LogP) is 3.72. The van der Waals surface area contributed by atoms with E-state index >= 15 is 0 Å². The number of nitrogens with one attached hydrogen (secondary N) is 1. The van der Waals surface area contributed by atoms with Crippen LogP contribution in [0.5, 0.6) is 11.5 Å². The minimum absolute atomic E-state index is 0.233. The van der Waals surface area contributed by atoms with E-state index in [0.29, 0.717) is 18.8 Å². The van der Waals surface area contributed by atoms with Gasteiger partial charge in [-0.1, -0.05) is 12.1 Å². The Kier molecular flexibility index (Phi) is 5.24. The number of methoxy groups -OCH3 is 1. The van der Waals surface area contributed by atoms with Crippen LogP contribution in [0.15, 0.2) is 48.5 Å². The van der Waals surface area contributed by atoms with Gasteiger partial charge in [-0.05, 0) is 42.8 Å². The Labute approximate surface area is 118 Å². The first kappa shape index (κ1) is 14.2.